The Balaban J connectivity index is 2.77. The van der Waals surface area contributed by atoms with E-state index in [0.29, 0.717) is 17.3 Å². The summed E-state index contributed by atoms with van der Waals surface area (Å²) in [5, 5.41) is 7.42. The Bertz CT molecular complexity index is 447. The molecule has 0 fully saturated rings. The van der Waals surface area contributed by atoms with E-state index < -0.39 is 9.84 Å². The standard InChI is InChI=1S/C7H11N3O2S/c1-5-6-7(10(2)9-5)13(11,12)4-3-8-6/h8H,3-4H2,1-2H3. The summed E-state index contributed by atoms with van der Waals surface area (Å²) < 4.78 is 24.6. The van der Waals surface area contributed by atoms with Crippen LogP contribution in [0.15, 0.2) is 5.03 Å². The summed E-state index contributed by atoms with van der Waals surface area (Å²) in [6, 6.07) is 0. The fourth-order valence-corrected chi connectivity index (χ4v) is 3.14. The molecule has 72 valence electrons. The summed E-state index contributed by atoms with van der Waals surface area (Å²) in [5.41, 5.74) is 1.40. The van der Waals surface area contributed by atoms with Crippen molar-refractivity contribution >= 4 is 15.5 Å². The predicted molar refractivity (Wildman–Crippen MR) is 48.5 cm³/mol. The Kier molecular flexibility index (Phi) is 1.63. The van der Waals surface area contributed by atoms with Crippen LogP contribution in [0.3, 0.4) is 0 Å². The monoisotopic (exact) mass is 201 g/mol. The molecule has 0 amide bonds. The summed E-state index contributed by atoms with van der Waals surface area (Å²) in [4.78, 5) is 0. The molecule has 0 bridgehead atoms. The summed E-state index contributed by atoms with van der Waals surface area (Å²) in [7, 11) is -1.46. The minimum atomic E-state index is -3.11. The zero-order valence-corrected chi connectivity index (χ0v) is 8.35. The van der Waals surface area contributed by atoms with Crippen molar-refractivity contribution < 1.29 is 8.42 Å². The van der Waals surface area contributed by atoms with E-state index in [1.165, 1.54) is 4.68 Å². The van der Waals surface area contributed by atoms with Gasteiger partial charge in [-0.2, -0.15) is 5.10 Å². The third kappa shape index (κ3) is 1.13. The van der Waals surface area contributed by atoms with Crippen LogP contribution < -0.4 is 5.32 Å². The van der Waals surface area contributed by atoms with Gasteiger partial charge in [0.25, 0.3) is 0 Å². The maximum absolute atomic E-state index is 11.6. The Labute approximate surface area is 76.7 Å². The quantitative estimate of drug-likeness (QED) is 0.638. The van der Waals surface area contributed by atoms with Gasteiger partial charge in [-0.3, -0.25) is 4.68 Å². The number of fused-ring (bicyclic) bond motifs is 1. The molecule has 1 N–H and O–H groups in total. The van der Waals surface area contributed by atoms with Crippen molar-refractivity contribution in [2.45, 2.75) is 11.9 Å². The number of aromatic nitrogens is 2. The van der Waals surface area contributed by atoms with Crippen LogP contribution in [-0.4, -0.2) is 30.5 Å². The molecule has 0 unspecified atom stereocenters. The Morgan fingerprint density at radius 3 is 2.85 bits per heavy atom. The van der Waals surface area contributed by atoms with Crippen LogP contribution in [-0.2, 0) is 16.9 Å². The summed E-state index contributed by atoms with van der Waals surface area (Å²) in [6.45, 7) is 2.27. The lowest BCUT2D eigenvalue weighted by Gasteiger charge is -2.15. The van der Waals surface area contributed by atoms with Crippen LogP contribution in [0, 0.1) is 6.92 Å². The Morgan fingerprint density at radius 2 is 2.23 bits per heavy atom. The van der Waals surface area contributed by atoms with E-state index in [1.54, 1.807) is 14.0 Å². The van der Waals surface area contributed by atoms with Gasteiger partial charge in [0.2, 0.25) is 0 Å². The molecule has 2 rings (SSSR count). The van der Waals surface area contributed by atoms with E-state index in [2.05, 4.69) is 10.4 Å². The minimum Gasteiger partial charge on any atom is -0.380 e. The molecule has 5 nitrogen and oxygen atoms in total. The van der Waals surface area contributed by atoms with Crippen molar-refractivity contribution in [2.75, 3.05) is 17.6 Å². The average Bonchev–Trinajstić information content (AvgIpc) is 2.27. The van der Waals surface area contributed by atoms with Gasteiger partial charge >= 0.3 is 0 Å². The van der Waals surface area contributed by atoms with Crippen LogP contribution in [0.4, 0.5) is 5.69 Å². The van der Waals surface area contributed by atoms with Crippen LogP contribution >= 0.6 is 0 Å². The molecule has 2 heterocycles. The molecule has 0 saturated carbocycles. The van der Waals surface area contributed by atoms with Gasteiger partial charge in [-0.15, -0.1) is 0 Å². The molecule has 0 spiro atoms. The highest BCUT2D eigenvalue weighted by atomic mass is 32.2. The lowest BCUT2D eigenvalue weighted by Crippen LogP contribution is -2.24. The first-order chi connectivity index (χ1) is 6.02. The highest BCUT2D eigenvalue weighted by molar-refractivity contribution is 7.91. The van der Waals surface area contributed by atoms with Crippen LogP contribution in [0.25, 0.3) is 0 Å². The fourth-order valence-electron chi connectivity index (χ4n) is 1.60. The minimum absolute atomic E-state index is 0.152. The predicted octanol–water partition coefficient (Wildman–Crippen LogP) is -0.0723. The number of hydrogen-bond donors (Lipinski definition) is 1. The largest absolute Gasteiger partial charge is 0.380 e. The smallest absolute Gasteiger partial charge is 0.199 e. The van der Waals surface area contributed by atoms with E-state index in [1.807, 2.05) is 0 Å². The molecule has 0 aliphatic carbocycles. The Morgan fingerprint density at radius 1 is 1.54 bits per heavy atom. The fraction of sp³-hybridized carbons (Fsp3) is 0.571. The molecule has 0 radical (unpaired) electrons. The van der Waals surface area contributed by atoms with Gasteiger partial charge in [0.15, 0.2) is 14.9 Å². The second kappa shape index (κ2) is 2.47. The first-order valence-electron chi connectivity index (χ1n) is 4.02. The van der Waals surface area contributed by atoms with E-state index >= 15 is 0 Å². The summed E-state index contributed by atoms with van der Waals surface area (Å²) in [5.74, 6) is 0.152. The lowest BCUT2D eigenvalue weighted by atomic mass is 10.4. The van der Waals surface area contributed by atoms with E-state index in [4.69, 9.17) is 0 Å². The van der Waals surface area contributed by atoms with Gasteiger partial charge < -0.3 is 5.32 Å². The van der Waals surface area contributed by atoms with Gasteiger partial charge in [0.1, 0.15) is 0 Å². The second-order valence-electron chi connectivity index (χ2n) is 3.13. The second-order valence-corrected chi connectivity index (χ2v) is 5.16. The number of sulfone groups is 1. The van der Waals surface area contributed by atoms with E-state index in [-0.39, 0.29) is 5.75 Å². The molecule has 0 atom stereocenters. The summed E-state index contributed by atoms with van der Waals surface area (Å²) in [6.07, 6.45) is 0. The zero-order valence-electron chi connectivity index (χ0n) is 7.53. The van der Waals surface area contributed by atoms with Crippen molar-refractivity contribution in [1.82, 2.24) is 9.78 Å². The van der Waals surface area contributed by atoms with Crippen LogP contribution in [0.5, 0.6) is 0 Å². The van der Waals surface area contributed by atoms with Crippen molar-refractivity contribution in [3.63, 3.8) is 0 Å². The number of aryl methyl sites for hydroxylation is 2. The average molecular weight is 201 g/mol. The molecule has 1 aliphatic rings. The molecule has 1 aromatic rings. The molecule has 0 saturated heterocycles. The molecule has 1 aromatic heterocycles. The first kappa shape index (κ1) is 8.55. The number of nitrogens with zero attached hydrogens (tertiary/aromatic N) is 2. The number of rotatable bonds is 0. The van der Waals surface area contributed by atoms with Crippen molar-refractivity contribution in [3.05, 3.63) is 5.69 Å². The first-order valence-corrected chi connectivity index (χ1v) is 5.68. The Hall–Kier alpha value is -1.04. The van der Waals surface area contributed by atoms with Crippen molar-refractivity contribution in [2.24, 2.45) is 7.05 Å². The third-order valence-corrected chi connectivity index (χ3v) is 3.94. The van der Waals surface area contributed by atoms with Gasteiger partial charge in [-0.05, 0) is 6.92 Å². The lowest BCUT2D eigenvalue weighted by molar-refractivity contribution is 0.575. The summed E-state index contributed by atoms with van der Waals surface area (Å²) >= 11 is 0. The van der Waals surface area contributed by atoms with Gasteiger partial charge in [0, 0.05) is 13.6 Å². The van der Waals surface area contributed by atoms with Gasteiger partial charge in [-0.25, -0.2) is 8.42 Å². The zero-order chi connectivity index (χ0) is 9.64. The topological polar surface area (TPSA) is 64.0 Å². The highest BCUT2D eigenvalue weighted by Crippen LogP contribution is 2.28. The van der Waals surface area contributed by atoms with Crippen molar-refractivity contribution in [1.29, 1.82) is 0 Å². The number of hydrogen-bond acceptors (Lipinski definition) is 4. The molecule has 6 heteroatoms. The van der Waals surface area contributed by atoms with Crippen LogP contribution in [0.1, 0.15) is 5.69 Å². The SMILES string of the molecule is Cc1nn(C)c2c1NCCS2(=O)=O. The number of nitrogens with one attached hydrogen (secondary N) is 1. The maximum Gasteiger partial charge on any atom is 0.199 e. The third-order valence-electron chi connectivity index (χ3n) is 2.14. The van der Waals surface area contributed by atoms with Crippen molar-refractivity contribution in [3.8, 4) is 0 Å². The normalized spacial score (nSPS) is 19.2. The van der Waals surface area contributed by atoms with E-state index in [0.717, 1.165) is 5.69 Å². The van der Waals surface area contributed by atoms with E-state index in [9.17, 15) is 8.42 Å². The maximum atomic E-state index is 11.6. The van der Waals surface area contributed by atoms with Crippen LogP contribution in [0.2, 0.25) is 0 Å². The molecule has 13 heavy (non-hydrogen) atoms. The molecular weight excluding hydrogens is 190 g/mol. The van der Waals surface area contributed by atoms with Gasteiger partial charge in [0.05, 0.1) is 17.1 Å². The molecule has 1 aliphatic heterocycles. The highest BCUT2D eigenvalue weighted by Gasteiger charge is 2.29. The van der Waals surface area contributed by atoms with Gasteiger partial charge in [-0.1, -0.05) is 0 Å². The molecule has 0 aromatic carbocycles. The molecular formula is C7H11N3O2S. The number of anilines is 1.